The lowest BCUT2D eigenvalue weighted by Crippen LogP contribution is -2.40. The second-order valence-electron chi connectivity index (χ2n) is 6.21. The number of nitrogens with one attached hydrogen (secondary N) is 1. The highest BCUT2D eigenvalue weighted by Crippen LogP contribution is 2.24. The number of nitrogens with two attached hydrogens (primary N) is 1. The molecule has 22 heavy (non-hydrogen) atoms. The molecule has 0 heterocycles. The van der Waals surface area contributed by atoms with Crippen molar-refractivity contribution in [2.45, 2.75) is 52.1 Å². The van der Waals surface area contributed by atoms with E-state index in [4.69, 9.17) is 10.5 Å². The number of carbonyl (C=O) groups is 1. The van der Waals surface area contributed by atoms with Gasteiger partial charge in [0, 0.05) is 12.0 Å². The molecule has 3 unspecified atom stereocenters. The number of para-hydroxylation sites is 1. The normalized spacial score (nSPS) is 21.8. The summed E-state index contributed by atoms with van der Waals surface area (Å²) in [6, 6.07) is 6.26. The van der Waals surface area contributed by atoms with Gasteiger partial charge in [-0.05, 0) is 51.2 Å². The highest BCUT2D eigenvalue weighted by Gasteiger charge is 2.28. The van der Waals surface area contributed by atoms with Crippen LogP contribution in [0.1, 0.15) is 37.3 Å². The molecule has 4 nitrogen and oxygen atoms in total. The van der Waals surface area contributed by atoms with Crippen LogP contribution in [0.5, 0.6) is 5.75 Å². The van der Waals surface area contributed by atoms with Crippen LogP contribution in [0.25, 0.3) is 0 Å². The van der Waals surface area contributed by atoms with Gasteiger partial charge in [0.2, 0.25) is 5.91 Å². The first kappa shape index (κ1) is 18.8. The third-order valence-corrected chi connectivity index (χ3v) is 4.12. The molecular formula is C17H27ClN2O2. The summed E-state index contributed by atoms with van der Waals surface area (Å²) in [5.41, 5.74) is 8.10. The molecule has 1 aromatic carbocycles. The number of rotatable bonds is 5. The Morgan fingerprint density at radius 3 is 2.55 bits per heavy atom. The third-order valence-electron chi connectivity index (χ3n) is 4.12. The van der Waals surface area contributed by atoms with E-state index in [1.165, 1.54) is 0 Å². The lowest BCUT2D eigenvalue weighted by atomic mass is 10.1. The Morgan fingerprint density at radius 1 is 1.36 bits per heavy atom. The van der Waals surface area contributed by atoms with Crippen LogP contribution in [0, 0.1) is 19.8 Å². The highest BCUT2D eigenvalue weighted by atomic mass is 35.5. The summed E-state index contributed by atoms with van der Waals surface area (Å²) in [4.78, 5) is 12.1. The van der Waals surface area contributed by atoms with E-state index in [0.29, 0.717) is 6.61 Å². The Morgan fingerprint density at radius 2 is 2.00 bits per heavy atom. The van der Waals surface area contributed by atoms with E-state index in [0.717, 1.165) is 36.1 Å². The van der Waals surface area contributed by atoms with Gasteiger partial charge in [-0.2, -0.15) is 0 Å². The van der Waals surface area contributed by atoms with Crippen LogP contribution < -0.4 is 15.8 Å². The molecule has 3 N–H and O–H groups in total. The van der Waals surface area contributed by atoms with Crippen molar-refractivity contribution in [2.24, 2.45) is 11.7 Å². The third kappa shape index (κ3) is 4.89. The Labute approximate surface area is 139 Å². The number of hydrogen-bond acceptors (Lipinski definition) is 3. The summed E-state index contributed by atoms with van der Waals surface area (Å²) in [5.74, 6) is 1.10. The minimum atomic E-state index is -0.00618. The lowest BCUT2D eigenvalue weighted by molar-refractivity contribution is -0.125. The van der Waals surface area contributed by atoms with Crippen molar-refractivity contribution in [3.63, 3.8) is 0 Å². The largest absolute Gasteiger partial charge is 0.491 e. The molecule has 5 heteroatoms. The van der Waals surface area contributed by atoms with Crippen molar-refractivity contribution in [1.29, 1.82) is 0 Å². The Balaban J connectivity index is 0.00000242. The van der Waals surface area contributed by atoms with Gasteiger partial charge in [-0.15, -0.1) is 12.4 Å². The van der Waals surface area contributed by atoms with Gasteiger partial charge >= 0.3 is 0 Å². The van der Waals surface area contributed by atoms with Gasteiger partial charge in [-0.1, -0.05) is 18.2 Å². The first-order chi connectivity index (χ1) is 9.97. The van der Waals surface area contributed by atoms with Gasteiger partial charge in [0.1, 0.15) is 12.4 Å². The molecule has 1 aromatic rings. The molecule has 0 aliphatic heterocycles. The zero-order chi connectivity index (χ0) is 15.4. The minimum absolute atomic E-state index is 0. The molecule has 1 saturated carbocycles. The number of halogens is 1. The van der Waals surface area contributed by atoms with Crippen molar-refractivity contribution in [3.8, 4) is 5.75 Å². The van der Waals surface area contributed by atoms with Crippen molar-refractivity contribution in [3.05, 3.63) is 29.3 Å². The molecule has 1 amide bonds. The van der Waals surface area contributed by atoms with Gasteiger partial charge in [0.25, 0.3) is 0 Å². The second-order valence-corrected chi connectivity index (χ2v) is 6.21. The van der Waals surface area contributed by atoms with E-state index < -0.39 is 0 Å². The number of amides is 1. The zero-order valence-electron chi connectivity index (χ0n) is 13.6. The van der Waals surface area contributed by atoms with Gasteiger partial charge in [0.15, 0.2) is 0 Å². The fourth-order valence-electron chi connectivity index (χ4n) is 2.89. The predicted molar refractivity (Wildman–Crippen MR) is 91.6 cm³/mol. The maximum Gasteiger partial charge on any atom is 0.223 e. The molecule has 2 rings (SSSR count). The predicted octanol–water partition coefficient (Wildman–Crippen LogP) is 2.74. The van der Waals surface area contributed by atoms with Crippen LogP contribution in [0.3, 0.4) is 0 Å². The first-order valence-corrected chi connectivity index (χ1v) is 7.72. The van der Waals surface area contributed by atoms with Crippen molar-refractivity contribution >= 4 is 18.3 Å². The smallest absolute Gasteiger partial charge is 0.223 e. The molecule has 0 aromatic heterocycles. The average Bonchev–Trinajstić information content (AvgIpc) is 2.85. The quantitative estimate of drug-likeness (QED) is 0.874. The van der Waals surface area contributed by atoms with Crippen LogP contribution >= 0.6 is 12.4 Å². The molecule has 124 valence electrons. The molecule has 0 radical (unpaired) electrons. The van der Waals surface area contributed by atoms with E-state index >= 15 is 0 Å². The molecule has 1 fully saturated rings. The van der Waals surface area contributed by atoms with Crippen LogP contribution in [0.2, 0.25) is 0 Å². The number of benzene rings is 1. The van der Waals surface area contributed by atoms with Crippen LogP contribution in [-0.2, 0) is 4.79 Å². The molecule has 0 spiro atoms. The number of hydrogen-bond donors (Lipinski definition) is 2. The monoisotopic (exact) mass is 326 g/mol. The van der Waals surface area contributed by atoms with Crippen LogP contribution in [0.15, 0.2) is 18.2 Å². The van der Waals surface area contributed by atoms with E-state index in [2.05, 4.69) is 5.32 Å². The zero-order valence-corrected chi connectivity index (χ0v) is 14.4. The summed E-state index contributed by atoms with van der Waals surface area (Å²) in [5, 5.41) is 3.03. The fourth-order valence-corrected chi connectivity index (χ4v) is 2.89. The summed E-state index contributed by atoms with van der Waals surface area (Å²) in [6.07, 6.45) is 2.65. The summed E-state index contributed by atoms with van der Waals surface area (Å²) in [6.45, 7) is 6.52. The maximum atomic E-state index is 12.1. The van der Waals surface area contributed by atoms with E-state index in [1.54, 1.807) is 0 Å². The standard InChI is InChI=1S/C17H26N2O2.ClH/c1-11-5-4-6-12(2)16(11)21-10-13(3)19-17(20)14-7-8-15(18)9-14;/h4-6,13-15H,7-10,18H2,1-3H3,(H,19,20);1H. The molecule has 0 bridgehead atoms. The molecule has 1 aliphatic carbocycles. The Kier molecular flexibility index (Phi) is 7.17. The highest BCUT2D eigenvalue weighted by molar-refractivity contribution is 5.85. The summed E-state index contributed by atoms with van der Waals surface area (Å²) >= 11 is 0. The fraction of sp³-hybridized carbons (Fsp3) is 0.588. The van der Waals surface area contributed by atoms with Gasteiger partial charge < -0.3 is 15.8 Å². The molecular weight excluding hydrogens is 300 g/mol. The first-order valence-electron chi connectivity index (χ1n) is 7.72. The van der Waals surface area contributed by atoms with E-state index in [-0.39, 0.29) is 36.3 Å². The van der Waals surface area contributed by atoms with Crippen LogP contribution in [-0.4, -0.2) is 24.6 Å². The van der Waals surface area contributed by atoms with E-state index in [1.807, 2.05) is 39.0 Å². The second kappa shape index (κ2) is 8.39. The van der Waals surface area contributed by atoms with Crippen LogP contribution in [0.4, 0.5) is 0 Å². The average molecular weight is 327 g/mol. The summed E-state index contributed by atoms with van der Waals surface area (Å²) < 4.78 is 5.87. The number of ether oxygens (including phenoxy) is 1. The van der Waals surface area contributed by atoms with Crippen molar-refractivity contribution < 1.29 is 9.53 Å². The summed E-state index contributed by atoms with van der Waals surface area (Å²) in [7, 11) is 0. The number of aryl methyl sites for hydroxylation is 2. The SMILES string of the molecule is Cc1cccc(C)c1OCC(C)NC(=O)C1CCC(N)C1.Cl. The van der Waals surface area contributed by atoms with Gasteiger partial charge in [-0.25, -0.2) is 0 Å². The van der Waals surface area contributed by atoms with Crippen molar-refractivity contribution in [1.82, 2.24) is 5.32 Å². The molecule has 1 aliphatic rings. The molecule has 0 saturated heterocycles. The molecule has 3 atom stereocenters. The minimum Gasteiger partial charge on any atom is -0.491 e. The van der Waals surface area contributed by atoms with Gasteiger partial charge in [0.05, 0.1) is 6.04 Å². The number of carbonyl (C=O) groups excluding carboxylic acids is 1. The Bertz CT molecular complexity index is 487. The van der Waals surface area contributed by atoms with E-state index in [9.17, 15) is 4.79 Å². The maximum absolute atomic E-state index is 12.1. The topological polar surface area (TPSA) is 64.3 Å². The lowest BCUT2D eigenvalue weighted by Gasteiger charge is -2.19. The van der Waals surface area contributed by atoms with Gasteiger partial charge in [-0.3, -0.25) is 4.79 Å². The Hall–Kier alpha value is -1.26. The van der Waals surface area contributed by atoms with Crippen molar-refractivity contribution in [2.75, 3.05) is 6.61 Å².